The molecule has 3 heteroatoms. The maximum absolute atomic E-state index is 5.93. The lowest BCUT2D eigenvalue weighted by Crippen LogP contribution is -2.28. The average molecular weight is 451 g/mol. The van der Waals surface area contributed by atoms with Crippen LogP contribution < -0.4 is 14.2 Å². The van der Waals surface area contributed by atoms with Crippen LogP contribution in [-0.2, 0) is 5.41 Å². The van der Waals surface area contributed by atoms with Crippen LogP contribution in [0, 0.1) is 0 Å². The molecule has 0 saturated heterocycles. The van der Waals surface area contributed by atoms with Gasteiger partial charge in [-0.25, -0.2) is 0 Å². The monoisotopic (exact) mass is 450 g/mol. The molecule has 1 aliphatic rings. The fourth-order valence-electron chi connectivity index (χ4n) is 5.27. The molecule has 0 fully saturated rings. The molecule has 172 valence electrons. The van der Waals surface area contributed by atoms with E-state index in [-0.39, 0.29) is 0 Å². The highest BCUT2D eigenvalue weighted by atomic mass is 16.5. The van der Waals surface area contributed by atoms with Gasteiger partial charge in [-0.3, -0.25) is 0 Å². The van der Waals surface area contributed by atoms with Crippen LogP contribution in [0.1, 0.15) is 43.0 Å². The van der Waals surface area contributed by atoms with E-state index in [1.165, 1.54) is 33.4 Å². The van der Waals surface area contributed by atoms with Gasteiger partial charge >= 0.3 is 0 Å². The minimum absolute atomic E-state index is 0.478. The third-order valence-electron chi connectivity index (χ3n) is 6.49. The van der Waals surface area contributed by atoms with Gasteiger partial charge in [-0.15, -0.1) is 0 Å². The molecule has 4 aromatic carbocycles. The predicted molar refractivity (Wildman–Crippen MR) is 137 cm³/mol. The van der Waals surface area contributed by atoms with Crippen molar-refractivity contribution >= 4 is 0 Å². The summed E-state index contributed by atoms with van der Waals surface area (Å²) in [5.74, 6) is 2.63. The van der Waals surface area contributed by atoms with E-state index < -0.39 is 5.41 Å². The van der Waals surface area contributed by atoms with Gasteiger partial charge in [0, 0.05) is 0 Å². The second-order valence-electron chi connectivity index (χ2n) is 8.36. The Hall–Kier alpha value is -3.72. The quantitative estimate of drug-likeness (QED) is 0.249. The SMILES string of the molecule is CCOc1cccc(C2(c3ccccc3)c3ccc(OCC)cc3-c3cc(OCC)ccc32)c1. The van der Waals surface area contributed by atoms with Crippen LogP contribution in [0.2, 0.25) is 0 Å². The molecule has 0 aromatic heterocycles. The normalized spacial score (nSPS) is 13.1. The van der Waals surface area contributed by atoms with Gasteiger partial charge in [-0.2, -0.15) is 0 Å². The van der Waals surface area contributed by atoms with Crippen LogP contribution in [0.3, 0.4) is 0 Å². The van der Waals surface area contributed by atoms with Crippen LogP contribution in [-0.4, -0.2) is 19.8 Å². The van der Waals surface area contributed by atoms with Gasteiger partial charge < -0.3 is 14.2 Å². The molecule has 1 aliphatic carbocycles. The Balaban J connectivity index is 1.87. The second-order valence-corrected chi connectivity index (χ2v) is 8.36. The summed E-state index contributed by atoms with van der Waals surface area (Å²) in [5.41, 5.74) is 6.74. The summed E-state index contributed by atoms with van der Waals surface area (Å²) >= 11 is 0. The first-order valence-electron chi connectivity index (χ1n) is 12.1. The van der Waals surface area contributed by atoms with Crippen LogP contribution in [0.15, 0.2) is 91.0 Å². The van der Waals surface area contributed by atoms with Crippen LogP contribution in [0.25, 0.3) is 11.1 Å². The van der Waals surface area contributed by atoms with E-state index in [0.717, 1.165) is 17.2 Å². The van der Waals surface area contributed by atoms with Crippen molar-refractivity contribution in [2.45, 2.75) is 26.2 Å². The van der Waals surface area contributed by atoms with Gasteiger partial charge in [0.05, 0.1) is 25.2 Å². The zero-order valence-electron chi connectivity index (χ0n) is 20.0. The van der Waals surface area contributed by atoms with Gasteiger partial charge in [0.25, 0.3) is 0 Å². The lowest BCUT2D eigenvalue weighted by molar-refractivity contribution is 0.339. The van der Waals surface area contributed by atoms with Gasteiger partial charge in [0.1, 0.15) is 17.2 Å². The Morgan fingerprint density at radius 1 is 0.500 bits per heavy atom. The van der Waals surface area contributed by atoms with Crippen molar-refractivity contribution in [1.82, 2.24) is 0 Å². The molecule has 0 atom stereocenters. The molecule has 0 amide bonds. The van der Waals surface area contributed by atoms with E-state index in [9.17, 15) is 0 Å². The number of benzene rings is 4. The lowest BCUT2D eigenvalue weighted by Gasteiger charge is -2.34. The molecule has 3 nitrogen and oxygen atoms in total. The van der Waals surface area contributed by atoms with E-state index in [1.54, 1.807) is 0 Å². The summed E-state index contributed by atoms with van der Waals surface area (Å²) in [5, 5.41) is 0. The van der Waals surface area contributed by atoms with Gasteiger partial charge in [0.15, 0.2) is 0 Å². The third-order valence-corrected chi connectivity index (χ3v) is 6.49. The summed E-state index contributed by atoms with van der Waals surface area (Å²) < 4.78 is 17.7. The summed E-state index contributed by atoms with van der Waals surface area (Å²) in [4.78, 5) is 0. The summed E-state index contributed by atoms with van der Waals surface area (Å²) in [7, 11) is 0. The molecule has 0 spiro atoms. The number of hydrogen-bond acceptors (Lipinski definition) is 3. The summed E-state index contributed by atoms with van der Waals surface area (Å²) in [6.45, 7) is 7.94. The van der Waals surface area contributed by atoms with Crippen LogP contribution in [0.5, 0.6) is 17.2 Å². The predicted octanol–water partition coefficient (Wildman–Crippen LogP) is 7.25. The Morgan fingerprint density at radius 3 is 1.53 bits per heavy atom. The third kappa shape index (κ3) is 3.52. The maximum atomic E-state index is 5.93. The van der Waals surface area contributed by atoms with Gasteiger partial charge in [0.2, 0.25) is 0 Å². The Labute approximate surface area is 201 Å². The lowest BCUT2D eigenvalue weighted by atomic mass is 9.67. The van der Waals surface area contributed by atoms with E-state index in [2.05, 4.69) is 84.9 Å². The van der Waals surface area contributed by atoms with Gasteiger partial charge in [-0.1, -0.05) is 54.6 Å². The first-order valence-corrected chi connectivity index (χ1v) is 12.1. The first-order chi connectivity index (χ1) is 16.7. The molecule has 0 radical (unpaired) electrons. The molecular weight excluding hydrogens is 420 g/mol. The standard InChI is InChI=1S/C31H30O3/c1-4-32-24-14-10-13-23(19-24)31(22-11-8-7-9-12-22)29-17-15-25(33-5-2)20-27(29)28-21-26(34-6-3)16-18-30(28)31/h7-21H,4-6H2,1-3H3. The fraction of sp³-hybridized carbons (Fsp3) is 0.226. The molecule has 0 bridgehead atoms. The number of ether oxygens (including phenoxy) is 3. The Bertz CT molecular complexity index is 1240. The van der Waals surface area contributed by atoms with Crippen molar-refractivity contribution in [3.63, 3.8) is 0 Å². The Morgan fingerprint density at radius 2 is 1.00 bits per heavy atom. The number of rotatable bonds is 8. The highest BCUT2D eigenvalue weighted by molar-refractivity contribution is 5.87. The summed E-state index contributed by atoms with van der Waals surface area (Å²) in [6.07, 6.45) is 0. The van der Waals surface area contributed by atoms with Crippen molar-refractivity contribution in [3.05, 3.63) is 113 Å². The topological polar surface area (TPSA) is 27.7 Å². The maximum Gasteiger partial charge on any atom is 0.119 e. The minimum atomic E-state index is -0.478. The zero-order chi connectivity index (χ0) is 23.5. The van der Waals surface area contributed by atoms with Crippen molar-refractivity contribution in [1.29, 1.82) is 0 Å². The molecule has 0 saturated carbocycles. The van der Waals surface area contributed by atoms with Crippen molar-refractivity contribution in [2.75, 3.05) is 19.8 Å². The molecular formula is C31H30O3. The number of hydrogen-bond donors (Lipinski definition) is 0. The highest BCUT2D eigenvalue weighted by Crippen LogP contribution is 2.57. The number of fused-ring (bicyclic) bond motifs is 3. The summed E-state index contributed by atoms with van der Waals surface area (Å²) in [6, 6.07) is 32.2. The van der Waals surface area contributed by atoms with Crippen LogP contribution in [0.4, 0.5) is 0 Å². The smallest absolute Gasteiger partial charge is 0.119 e. The van der Waals surface area contributed by atoms with Crippen molar-refractivity contribution in [3.8, 4) is 28.4 Å². The van der Waals surface area contributed by atoms with E-state index >= 15 is 0 Å². The minimum Gasteiger partial charge on any atom is -0.494 e. The van der Waals surface area contributed by atoms with Crippen molar-refractivity contribution in [2.24, 2.45) is 0 Å². The molecule has 34 heavy (non-hydrogen) atoms. The molecule has 0 unspecified atom stereocenters. The zero-order valence-corrected chi connectivity index (χ0v) is 20.0. The average Bonchev–Trinajstić information content (AvgIpc) is 3.15. The van der Waals surface area contributed by atoms with Gasteiger partial charge in [-0.05, 0) is 90.6 Å². The molecule has 5 rings (SSSR count). The second kappa shape index (κ2) is 9.26. The van der Waals surface area contributed by atoms with Crippen LogP contribution >= 0.6 is 0 Å². The molecule has 0 N–H and O–H groups in total. The van der Waals surface area contributed by atoms with E-state index in [4.69, 9.17) is 14.2 Å². The largest absolute Gasteiger partial charge is 0.494 e. The Kier molecular flexibility index (Phi) is 6.02. The molecule has 0 aliphatic heterocycles. The first kappa shape index (κ1) is 22.1. The van der Waals surface area contributed by atoms with E-state index in [1.807, 2.05) is 26.8 Å². The van der Waals surface area contributed by atoms with E-state index in [0.29, 0.717) is 19.8 Å². The molecule has 4 aromatic rings. The van der Waals surface area contributed by atoms with Crippen molar-refractivity contribution < 1.29 is 14.2 Å². The molecule has 0 heterocycles. The fourth-order valence-corrected chi connectivity index (χ4v) is 5.27. The highest BCUT2D eigenvalue weighted by Gasteiger charge is 2.46.